The van der Waals surface area contributed by atoms with E-state index < -0.39 is 0 Å². The molecule has 2 heterocycles. The first-order valence-electron chi connectivity index (χ1n) is 9.16. The Morgan fingerprint density at radius 2 is 2.03 bits per heavy atom. The Bertz CT molecular complexity index is 1160. The smallest absolute Gasteiger partial charge is 0.266 e. The van der Waals surface area contributed by atoms with Crippen molar-refractivity contribution in [3.8, 4) is 0 Å². The summed E-state index contributed by atoms with van der Waals surface area (Å²) in [6.45, 7) is 0.402. The van der Waals surface area contributed by atoms with E-state index in [1.165, 1.54) is 23.1 Å². The lowest BCUT2D eigenvalue weighted by Crippen LogP contribution is -2.29. The van der Waals surface area contributed by atoms with Gasteiger partial charge in [0.2, 0.25) is 5.91 Å². The van der Waals surface area contributed by atoms with Crippen LogP contribution < -0.4 is 5.32 Å². The lowest BCUT2D eigenvalue weighted by Gasteiger charge is -2.13. The maximum atomic E-state index is 12.6. The lowest BCUT2D eigenvalue weighted by molar-refractivity contribution is -0.122. The Morgan fingerprint density at radius 1 is 1.23 bits per heavy atom. The van der Waals surface area contributed by atoms with Gasteiger partial charge in [0.05, 0.1) is 15.1 Å². The molecule has 0 atom stereocenters. The second-order valence-corrected chi connectivity index (χ2v) is 9.67. The molecule has 1 saturated heterocycles. The van der Waals surface area contributed by atoms with Gasteiger partial charge in [0.15, 0.2) is 5.13 Å². The third-order valence-electron chi connectivity index (χ3n) is 4.35. The van der Waals surface area contributed by atoms with Crippen LogP contribution >= 0.6 is 46.9 Å². The number of rotatable bonds is 6. The molecule has 0 spiro atoms. The number of thiazole rings is 1. The van der Waals surface area contributed by atoms with Gasteiger partial charge in [0.25, 0.3) is 5.91 Å². The number of hydrogen-bond donors (Lipinski definition) is 1. The first kappa shape index (κ1) is 21.0. The van der Waals surface area contributed by atoms with Crippen molar-refractivity contribution in [2.24, 2.45) is 0 Å². The molecule has 152 valence electrons. The molecule has 0 saturated carbocycles. The molecule has 9 heteroatoms. The zero-order valence-electron chi connectivity index (χ0n) is 15.6. The van der Waals surface area contributed by atoms with Crippen molar-refractivity contribution in [3.05, 3.63) is 64.0 Å². The number of carbonyl (C=O) groups excluding carboxylic acids is 2. The maximum Gasteiger partial charge on any atom is 0.266 e. The average Bonchev–Trinajstić information content (AvgIpc) is 3.23. The van der Waals surface area contributed by atoms with Crippen LogP contribution in [0.5, 0.6) is 0 Å². The maximum absolute atomic E-state index is 12.6. The van der Waals surface area contributed by atoms with Gasteiger partial charge in [0.1, 0.15) is 4.32 Å². The molecule has 3 aromatic rings. The Kier molecular flexibility index (Phi) is 6.48. The highest BCUT2D eigenvalue weighted by atomic mass is 35.5. The molecule has 2 amide bonds. The standard InChI is InChI=1S/C21H16ClN3O2S3/c22-14-8-9-15-16(12-14)29-20(23-15)24-18(26)7-4-10-25-19(27)17(30-21(25)28)11-13-5-2-1-3-6-13/h1-3,5-6,8-9,11-12H,4,7,10H2,(H,23,24,26)/b17-11-. The fourth-order valence-electron chi connectivity index (χ4n) is 2.92. The molecule has 1 aromatic heterocycles. The second kappa shape index (κ2) is 9.26. The number of fused-ring (bicyclic) bond motifs is 1. The lowest BCUT2D eigenvalue weighted by atomic mass is 10.2. The fourth-order valence-corrected chi connectivity index (χ4v) is 5.39. The topological polar surface area (TPSA) is 62.3 Å². The third kappa shape index (κ3) is 4.89. The summed E-state index contributed by atoms with van der Waals surface area (Å²) >= 11 is 14.0. The van der Waals surface area contributed by atoms with Gasteiger partial charge >= 0.3 is 0 Å². The average molecular weight is 474 g/mol. The molecule has 5 nitrogen and oxygen atoms in total. The summed E-state index contributed by atoms with van der Waals surface area (Å²) in [5.74, 6) is -0.261. The molecular formula is C21H16ClN3O2S3. The van der Waals surface area contributed by atoms with Gasteiger partial charge in [-0.3, -0.25) is 14.5 Å². The Labute approximate surface area is 192 Å². The van der Waals surface area contributed by atoms with Gasteiger partial charge in [-0.25, -0.2) is 4.98 Å². The summed E-state index contributed by atoms with van der Waals surface area (Å²) in [7, 11) is 0. The van der Waals surface area contributed by atoms with Crippen LogP contribution in [-0.4, -0.2) is 32.6 Å². The number of nitrogens with one attached hydrogen (secondary N) is 1. The van der Waals surface area contributed by atoms with Crippen molar-refractivity contribution < 1.29 is 9.59 Å². The van der Waals surface area contributed by atoms with Gasteiger partial charge in [-0.15, -0.1) is 0 Å². The van der Waals surface area contributed by atoms with Crippen molar-refractivity contribution >= 4 is 84.5 Å². The van der Waals surface area contributed by atoms with E-state index in [1.807, 2.05) is 48.5 Å². The number of nitrogens with zero attached hydrogens (tertiary/aromatic N) is 2. The molecule has 2 aromatic carbocycles. The van der Waals surface area contributed by atoms with Gasteiger partial charge in [-0.05, 0) is 36.3 Å². The van der Waals surface area contributed by atoms with Crippen molar-refractivity contribution in [2.75, 3.05) is 11.9 Å². The van der Waals surface area contributed by atoms with Crippen LogP contribution in [0, 0.1) is 0 Å². The molecule has 1 N–H and O–H groups in total. The van der Waals surface area contributed by atoms with E-state index in [4.69, 9.17) is 23.8 Å². The van der Waals surface area contributed by atoms with Gasteiger partial charge < -0.3 is 5.32 Å². The zero-order chi connectivity index (χ0) is 21.1. The van der Waals surface area contributed by atoms with Gasteiger partial charge in [-0.2, -0.15) is 0 Å². The molecular weight excluding hydrogens is 458 g/mol. The first-order chi connectivity index (χ1) is 14.5. The van der Waals surface area contributed by atoms with E-state index in [0.717, 1.165) is 15.8 Å². The number of benzene rings is 2. The monoisotopic (exact) mass is 473 g/mol. The highest BCUT2D eigenvalue weighted by Crippen LogP contribution is 2.33. The quantitative estimate of drug-likeness (QED) is 0.374. The summed E-state index contributed by atoms with van der Waals surface area (Å²) in [6.07, 6.45) is 2.62. The number of carbonyl (C=O) groups is 2. The molecule has 1 aliphatic rings. The molecule has 0 bridgehead atoms. The van der Waals surface area contributed by atoms with Crippen molar-refractivity contribution in [3.63, 3.8) is 0 Å². The third-order valence-corrected chi connectivity index (χ3v) is 6.90. The highest BCUT2D eigenvalue weighted by Gasteiger charge is 2.31. The van der Waals surface area contributed by atoms with E-state index in [9.17, 15) is 9.59 Å². The number of anilines is 1. The molecule has 1 fully saturated rings. The Morgan fingerprint density at radius 3 is 2.83 bits per heavy atom. The van der Waals surface area contributed by atoms with Gasteiger partial charge in [0, 0.05) is 18.0 Å². The molecule has 0 radical (unpaired) electrons. The highest BCUT2D eigenvalue weighted by molar-refractivity contribution is 8.26. The van der Waals surface area contributed by atoms with Crippen LogP contribution in [0.1, 0.15) is 18.4 Å². The molecule has 4 rings (SSSR count). The molecule has 0 aliphatic carbocycles. The fraction of sp³-hybridized carbons (Fsp3) is 0.143. The van der Waals surface area contributed by atoms with E-state index in [1.54, 1.807) is 11.0 Å². The molecule has 30 heavy (non-hydrogen) atoms. The summed E-state index contributed by atoms with van der Waals surface area (Å²) in [5.41, 5.74) is 1.75. The minimum Gasteiger partial charge on any atom is -0.302 e. The Balaban J connectivity index is 1.31. The van der Waals surface area contributed by atoms with E-state index in [-0.39, 0.29) is 18.2 Å². The number of aromatic nitrogens is 1. The number of amides is 2. The predicted octanol–water partition coefficient (Wildman–Crippen LogP) is 5.57. The van der Waals surface area contributed by atoms with Crippen LogP contribution in [0.4, 0.5) is 5.13 Å². The molecule has 0 unspecified atom stereocenters. The van der Waals surface area contributed by atoms with Crippen molar-refractivity contribution in [2.45, 2.75) is 12.8 Å². The summed E-state index contributed by atoms with van der Waals surface area (Å²) in [6, 6.07) is 15.1. The minimum absolute atomic E-state index is 0.114. The zero-order valence-corrected chi connectivity index (χ0v) is 18.8. The van der Waals surface area contributed by atoms with E-state index >= 15 is 0 Å². The van der Waals surface area contributed by atoms with Gasteiger partial charge in [-0.1, -0.05) is 77.2 Å². The summed E-state index contributed by atoms with van der Waals surface area (Å²) in [5, 5.41) is 3.98. The number of thioether (sulfide) groups is 1. The van der Waals surface area contributed by atoms with Crippen LogP contribution in [0.25, 0.3) is 16.3 Å². The number of halogens is 1. The van der Waals surface area contributed by atoms with Crippen LogP contribution in [0.2, 0.25) is 5.02 Å². The van der Waals surface area contributed by atoms with E-state index in [0.29, 0.717) is 32.3 Å². The largest absolute Gasteiger partial charge is 0.302 e. The summed E-state index contributed by atoms with van der Waals surface area (Å²) < 4.78 is 1.44. The molecule has 1 aliphatic heterocycles. The van der Waals surface area contributed by atoms with Crippen LogP contribution in [0.15, 0.2) is 53.4 Å². The minimum atomic E-state index is -0.148. The van der Waals surface area contributed by atoms with Crippen molar-refractivity contribution in [1.29, 1.82) is 0 Å². The predicted molar refractivity (Wildman–Crippen MR) is 129 cm³/mol. The number of thiocarbonyl (C=S) groups is 1. The van der Waals surface area contributed by atoms with Crippen molar-refractivity contribution in [1.82, 2.24) is 9.88 Å². The van der Waals surface area contributed by atoms with Crippen LogP contribution in [0.3, 0.4) is 0 Å². The SMILES string of the molecule is O=C(CCCN1C(=O)/C(=C/c2ccccc2)SC1=S)Nc1nc2ccc(Cl)cc2s1. The van der Waals surface area contributed by atoms with E-state index in [2.05, 4.69) is 10.3 Å². The summed E-state index contributed by atoms with van der Waals surface area (Å²) in [4.78, 5) is 31.5. The van der Waals surface area contributed by atoms with Crippen LogP contribution in [-0.2, 0) is 9.59 Å². The first-order valence-corrected chi connectivity index (χ1v) is 11.6. The second-order valence-electron chi connectivity index (χ2n) is 6.53. The number of hydrogen-bond acceptors (Lipinski definition) is 6. The normalized spacial score (nSPS) is 15.4. The Hall–Kier alpha value is -2.26.